The Morgan fingerprint density at radius 3 is 2.88 bits per heavy atom. The molecule has 0 unspecified atom stereocenters. The van der Waals surface area contributed by atoms with E-state index in [1.807, 2.05) is 0 Å². The van der Waals surface area contributed by atoms with Gasteiger partial charge < -0.3 is 9.84 Å². The Labute approximate surface area is 54.2 Å². The Kier molecular flexibility index (Phi) is 7.52. The van der Waals surface area contributed by atoms with E-state index < -0.39 is 0 Å². The molecule has 0 spiro atoms. The first-order valence-electron chi connectivity index (χ1n) is 2.59. The van der Waals surface area contributed by atoms with Crippen molar-refractivity contribution in [2.45, 2.75) is 6.42 Å². The van der Waals surface area contributed by atoms with Gasteiger partial charge in [-0.25, -0.2) is 0 Å². The van der Waals surface area contributed by atoms with Crippen molar-refractivity contribution >= 4 is 11.8 Å². The number of hydrogen-bond donors (Lipinski definition) is 1. The molecular formula is C5H12O2S. The second-order valence-electron chi connectivity index (χ2n) is 1.39. The van der Waals surface area contributed by atoms with Crippen LogP contribution in [0, 0.1) is 0 Å². The average molecular weight is 136 g/mol. The molecule has 0 radical (unpaired) electrons. The van der Waals surface area contributed by atoms with Crippen molar-refractivity contribution in [2.24, 2.45) is 0 Å². The van der Waals surface area contributed by atoms with Crippen LogP contribution in [0.15, 0.2) is 0 Å². The lowest BCUT2D eigenvalue weighted by atomic mass is 10.5. The van der Waals surface area contributed by atoms with Gasteiger partial charge in [0.15, 0.2) is 0 Å². The fourth-order valence-electron chi connectivity index (χ4n) is 0.309. The van der Waals surface area contributed by atoms with Gasteiger partial charge in [-0.1, -0.05) is 0 Å². The number of aliphatic hydroxyl groups is 1. The van der Waals surface area contributed by atoms with Gasteiger partial charge in [0.05, 0.1) is 5.94 Å². The van der Waals surface area contributed by atoms with Crippen molar-refractivity contribution in [3.8, 4) is 0 Å². The molecule has 0 aromatic heterocycles. The zero-order valence-electron chi connectivity index (χ0n) is 5.09. The first kappa shape index (κ1) is 8.27. The van der Waals surface area contributed by atoms with E-state index >= 15 is 0 Å². The standard InChI is InChI=1S/C5H12O2S/c1-7-5-8-4-2-3-6/h6H,2-5H2,1H3. The van der Waals surface area contributed by atoms with E-state index in [-0.39, 0.29) is 6.61 Å². The summed E-state index contributed by atoms with van der Waals surface area (Å²) in [5, 5.41) is 8.31. The lowest BCUT2D eigenvalue weighted by Crippen LogP contribution is -1.88. The molecular weight excluding hydrogens is 124 g/mol. The third-order valence-electron chi connectivity index (χ3n) is 0.648. The molecule has 0 amide bonds. The molecule has 3 heteroatoms. The van der Waals surface area contributed by atoms with Crippen LogP contribution in [-0.4, -0.2) is 30.5 Å². The molecule has 0 aliphatic heterocycles. The maximum absolute atomic E-state index is 8.31. The summed E-state index contributed by atoms with van der Waals surface area (Å²) in [7, 11) is 1.67. The molecule has 0 aromatic carbocycles. The van der Waals surface area contributed by atoms with E-state index in [1.165, 1.54) is 0 Å². The molecule has 0 aliphatic carbocycles. The molecule has 0 aliphatic rings. The van der Waals surface area contributed by atoms with Gasteiger partial charge in [0.1, 0.15) is 0 Å². The van der Waals surface area contributed by atoms with Crippen LogP contribution in [0.4, 0.5) is 0 Å². The third-order valence-corrected chi connectivity index (χ3v) is 1.63. The molecule has 0 saturated carbocycles. The molecule has 1 N–H and O–H groups in total. The van der Waals surface area contributed by atoms with Gasteiger partial charge in [-0.2, -0.15) is 0 Å². The quantitative estimate of drug-likeness (QED) is 0.446. The van der Waals surface area contributed by atoms with Crippen molar-refractivity contribution in [3.05, 3.63) is 0 Å². The molecule has 2 nitrogen and oxygen atoms in total. The summed E-state index contributed by atoms with van der Waals surface area (Å²) in [6.45, 7) is 0.288. The Bertz CT molecular complexity index is 35.4. The summed E-state index contributed by atoms with van der Waals surface area (Å²) in [6.07, 6.45) is 0.869. The van der Waals surface area contributed by atoms with Crippen molar-refractivity contribution in [1.82, 2.24) is 0 Å². The SMILES string of the molecule is COCSCCCO. The number of aliphatic hydroxyl groups excluding tert-OH is 1. The van der Waals surface area contributed by atoms with Crippen LogP contribution in [-0.2, 0) is 4.74 Å². The Hall–Kier alpha value is 0.270. The minimum atomic E-state index is 0.288. The maximum Gasteiger partial charge on any atom is 0.0917 e. The van der Waals surface area contributed by atoms with E-state index in [0.29, 0.717) is 0 Å². The Morgan fingerprint density at radius 2 is 2.38 bits per heavy atom. The molecule has 0 rings (SSSR count). The molecule has 0 saturated heterocycles. The molecule has 0 aromatic rings. The largest absolute Gasteiger partial charge is 0.396 e. The number of hydrogen-bond acceptors (Lipinski definition) is 3. The third kappa shape index (κ3) is 6.27. The van der Waals surface area contributed by atoms with E-state index in [4.69, 9.17) is 9.84 Å². The fraction of sp³-hybridized carbons (Fsp3) is 1.00. The summed E-state index contributed by atoms with van der Waals surface area (Å²) < 4.78 is 4.77. The van der Waals surface area contributed by atoms with Crippen molar-refractivity contribution < 1.29 is 9.84 Å². The number of thioether (sulfide) groups is 1. The summed E-state index contributed by atoms with van der Waals surface area (Å²) in [5.74, 6) is 1.73. The molecule has 0 atom stereocenters. The van der Waals surface area contributed by atoms with Crippen LogP contribution in [0.1, 0.15) is 6.42 Å². The lowest BCUT2D eigenvalue weighted by Gasteiger charge is -1.95. The van der Waals surface area contributed by atoms with E-state index in [2.05, 4.69) is 0 Å². The Balaban J connectivity index is 2.53. The highest BCUT2D eigenvalue weighted by atomic mass is 32.2. The first-order chi connectivity index (χ1) is 3.91. The maximum atomic E-state index is 8.31. The topological polar surface area (TPSA) is 29.5 Å². The van der Waals surface area contributed by atoms with Crippen LogP contribution in [0.25, 0.3) is 0 Å². The Morgan fingerprint density at radius 1 is 1.62 bits per heavy atom. The summed E-state index contributed by atoms with van der Waals surface area (Å²) >= 11 is 1.70. The highest BCUT2D eigenvalue weighted by molar-refractivity contribution is 7.99. The van der Waals surface area contributed by atoms with Crippen LogP contribution in [0.5, 0.6) is 0 Å². The van der Waals surface area contributed by atoms with E-state index in [1.54, 1.807) is 18.9 Å². The second kappa shape index (κ2) is 7.27. The van der Waals surface area contributed by atoms with Gasteiger partial charge in [0.2, 0.25) is 0 Å². The molecule has 0 bridgehead atoms. The van der Waals surface area contributed by atoms with Crippen LogP contribution < -0.4 is 0 Å². The van der Waals surface area contributed by atoms with Gasteiger partial charge in [-0.15, -0.1) is 11.8 Å². The van der Waals surface area contributed by atoms with Crippen molar-refractivity contribution in [2.75, 3.05) is 25.4 Å². The number of ether oxygens (including phenoxy) is 1. The predicted molar refractivity (Wildman–Crippen MR) is 36.0 cm³/mol. The summed E-state index contributed by atoms with van der Waals surface area (Å²) in [6, 6.07) is 0. The van der Waals surface area contributed by atoms with E-state index in [9.17, 15) is 0 Å². The monoisotopic (exact) mass is 136 g/mol. The van der Waals surface area contributed by atoms with Crippen LogP contribution >= 0.6 is 11.8 Å². The van der Waals surface area contributed by atoms with E-state index in [0.717, 1.165) is 18.1 Å². The van der Waals surface area contributed by atoms with Gasteiger partial charge in [-0.05, 0) is 12.2 Å². The number of methoxy groups -OCH3 is 1. The average Bonchev–Trinajstić information content (AvgIpc) is 1.81. The highest BCUT2D eigenvalue weighted by Gasteiger charge is 1.83. The molecule has 0 heterocycles. The second-order valence-corrected chi connectivity index (χ2v) is 2.44. The van der Waals surface area contributed by atoms with Gasteiger partial charge in [0, 0.05) is 13.7 Å². The molecule has 8 heavy (non-hydrogen) atoms. The normalized spacial score (nSPS) is 9.75. The molecule has 0 fully saturated rings. The lowest BCUT2D eigenvalue weighted by molar-refractivity contribution is 0.258. The summed E-state index contributed by atoms with van der Waals surface area (Å²) in [5.41, 5.74) is 0. The number of rotatable bonds is 5. The zero-order chi connectivity index (χ0) is 6.24. The van der Waals surface area contributed by atoms with Crippen LogP contribution in [0.3, 0.4) is 0 Å². The smallest absolute Gasteiger partial charge is 0.0917 e. The minimum absolute atomic E-state index is 0.288. The highest BCUT2D eigenvalue weighted by Crippen LogP contribution is 2.00. The van der Waals surface area contributed by atoms with Gasteiger partial charge in [-0.3, -0.25) is 0 Å². The first-order valence-corrected chi connectivity index (χ1v) is 3.75. The molecule has 50 valence electrons. The fourth-order valence-corrected chi connectivity index (χ4v) is 0.927. The van der Waals surface area contributed by atoms with Crippen molar-refractivity contribution in [1.29, 1.82) is 0 Å². The zero-order valence-corrected chi connectivity index (χ0v) is 5.91. The van der Waals surface area contributed by atoms with Gasteiger partial charge in [0.25, 0.3) is 0 Å². The summed E-state index contributed by atoms with van der Waals surface area (Å²) in [4.78, 5) is 0. The predicted octanol–water partition coefficient (Wildman–Crippen LogP) is 0.706. The minimum Gasteiger partial charge on any atom is -0.396 e. The van der Waals surface area contributed by atoms with Gasteiger partial charge >= 0.3 is 0 Å². The van der Waals surface area contributed by atoms with Crippen LogP contribution in [0.2, 0.25) is 0 Å². The van der Waals surface area contributed by atoms with Crippen molar-refractivity contribution in [3.63, 3.8) is 0 Å².